The molecule has 0 spiro atoms. The van der Waals surface area contributed by atoms with Crippen molar-refractivity contribution in [2.75, 3.05) is 60.7 Å². The molecule has 0 radical (unpaired) electrons. The normalized spacial score (nSPS) is 17.8. The van der Waals surface area contributed by atoms with Crippen LogP contribution in [0.25, 0.3) is 0 Å². The van der Waals surface area contributed by atoms with E-state index >= 15 is 0 Å². The smallest absolute Gasteiger partial charge is 0.242 e. The van der Waals surface area contributed by atoms with Gasteiger partial charge in [-0.05, 0) is 62.9 Å². The SMILES string of the molecule is CCC.CCC(C)C(C(CC(=O)N1CCCC1C(OC)C(C)C(=O)NCCc1ccc(N)cc1)OC)N(C)C(=O)CNC(=O)C(C(C)C)N(C)C. The molecule has 0 aliphatic carbocycles. The van der Waals surface area contributed by atoms with Crippen molar-refractivity contribution < 1.29 is 28.7 Å². The lowest BCUT2D eigenvalue weighted by molar-refractivity contribution is -0.145. The van der Waals surface area contributed by atoms with Crippen LogP contribution >= 0.6 is 0 Å². The number of benzene rings is 1. The Hall–Kier alpha value is -3.22. The lowest BCUT2D eigenvalue weighted by Gasteiger charge is -2.39. The third kappa shape index (κ3) is 14.0. The Balaban J connectivity index is 0.00000418. The van der Waals surface area contributed by atoms with E-state index in [1.54, 1.807) is 26.2 Å². The van der Waals surface area contributed by atoms with Crippen molar-refractivity contribution in [3.63, 3.8) is 0 Å². The third-order valence-corrected chi connectivity index (χ3v) is 9.87. The number of nitrogens with two attached hydrogens (primary N) is 1. The van der Waals surface area contributed by atoms with Crippen molar-refractivity contribution in [2.24, 2.45) is 17.8 Å². The summed E-state index contributed by atoms with van der Waals surface area (Å²) in [5, 5.41) is 5.83. The number of methoxy groups -OCH3 is 2. The summed E-state index contributed by atoms with van der Waals surface area (Å²) in [6.07, 6.45) is 3.24. The van der Waals surface area contributed by atoms with Crippen molar-refractivity contribution in [2.45, 2.75) is 117 Å². The van der Waals surface area contributed by atoms with E-state index in [0.717, 1.165) is 24.8 Å². The minimum absolute atomic E-state index is 0.0237. The van der Waals surface area contributed by atoms with Gasteiger partial charge in [0.2, 0.25) is 23.6 Å². The van der Waals surface area contributed by atoms with Crippen LogP contribution in [0.15, 0.2) is 24.3 Å². The van der Waals surface area contributed by atoms with Gasteiger partial charge in [0.05, 0.1) is 49.2 Å². The number of nitrogens with zero attached hydrogens (tertiary/aromatic N) is 3. The largest absolute Gasteiger partial charge is 0.399 e. The molecule has 1 aromatic rings. The molecule has 12 heteroatoms. The summed E-state index contributed by atoms with van der Waals surface area (Å²) in [5.74, 6) is -1.05. The number of likely N-dealkylation sites (N-methyl/N-ethyl adjacent to an activating group) is 2. The van der Waals surface area contributed by atoms with Crippen molar-refractivity contribution >= 4 is 29.3 Å². The molecule has 1 aliphatic rings. The number of amides is 4. The summed E-state index contributed by atoms with van der Waals surface area (Å²) < 4.78 is 11.8. The average molecular weight is 719 g/mol. The number of likely N-dealkylation sites (tertiary alicyclic amines) is 1. The molecule has 51 heavy (non-hydrogen) atoms. The summed E-state index contributed by atoms with van der Waals surface area (Å²) in [7, 11) is 8.55. The second-order valence-corrected chi connectivity index (χ2v) is 14.5. The van der Waals surface area contributed by atoms with Crippen molar-refractivity contribution in [1.29, 1.82) is 0 Å². The molecule has 7 atom stereocenters. The van der Waals surface area contributed by atoms with E-state index in [0.29, 0.717) is 25.2 Å². The van der Waals surface area contributed by atoms with Gasteiger partial charge in [-0.3, -0.25) is 24.1 Å². The molecule has 292 valence electrons. The van der Waals surface area contributed by atoms with Crippen LogP contribution in [0.5, 0.6) is 0 Å². The predicted molar refractivity (Wildman–Crippen MR) is 205 cm³/mol. The highest BCUT2D eigenvalue weighted by atomic mass is 16.5. The summed E-state index contributed by atoms with van der Waals surface area (Å²) in [6, 6.07) is 6.57. The van der Waals surface area contributed by atoms with Crippen LogP contribution in [-0.2, 0) is 35.1 Å². The van der Waals surface area contributed by atoms with Crippen LogP contribution in [0.1, 0.15) is 86.1 Å². The standard InChI is InChI=1S/C36H62N6O6.C3H8/c1-11-24(4)33(41(8)31(44)22-39-36(46)32(23(2)3)40(6)7)29(47-9)21-30(43)42-20-12-13-28(42)34(48-10)25(5)35(45)38-19-18-26-14-16-27(37)17-15-26;1-3-2/h14-17,23-25,28-29,32-34H,11-13,18-22,37H2,1-10H3,(H,38,45)(H,39,46);3H2,1-2H3. The summed E-state index contributed by atoms with van der Waals surface area (Å²) in [5.41, 5.74) is 7.55. The van der Waals surface area contributed by atoms with Crippen molar-refractivity contribution in [3.8, 4) is 0 Å². The number of carbonyl (C=O) groups is 4. The van der Waals surface area contributed by atoms with Gasteiger partial charge >= 0.3 is 0 Å². The zero-order valence-electron chi connectivity index (χ0n) is 33.7. The lowest BCUT2D eigenvalue weighted by Crippen LogP contribution is -2.55. The molecule has 1 saturated heterocycles. The Bertz CT molecular complexity index is 1190. The van der Waals surface area contributed by atoms with Crippen LogP contribution in [0.3, 0.4) is 0 Å². The number of hydrogen-bond acceptors (Lipinski definition) is 8. The molecule has 0 saturated carbocycles. The van der Waals surface area contributed by atoms with E-state index in [1.807, 2.05) is 82.8 Å². The zero-order chi connectivity index (χ0) is 38.8. The molecule has 0 aromatic heterocycles. The number of carbonyl (C=O) groups excluding carboxylic acids is 4. The van der Waals surface area contributed by atoms with Gasteiger partial charge < -0.3 is 35.6 Å². The molecule has 4 amide bonds. The molecule has 1 heterocycles. The summed E-state index contributed by atoms with van der Waals surface area (Å²) in [4.78, 5) is 58.7. The Labute approximate surface area is 308 Å². The quantitative estimate of drug-likeness (QED) is 0.182. The highest BCUT2D eigenvalue weighted by Crippen LogP contribution is 2.29. The molecule has 2 rings (SSSR count). The summed E-state index contributed by atoms with van der Waals surface area (Å²) >= 11 is 0. The van der Waals surface area contributed by atoms with Gasteiger partial charge in [-0.2, -0.15) is 0 Å². The van der Waals surface area contributed by atoms with Crippen LogP contribution < -0.4 is 16.4 Å². The first kappa shape index (κ1) is 45.8. The maximum atomic E-state index is 13.9. The van der Waals surface area contributed by atoms with Gasteiger partial charge in [-0.25, -0.2) is 0 Å². The van der Waals surface area contributed by atoms with E-state index in [4.69, 9.17) is 15.2 Å². The molecule has 4 N–H and O–H groups in total. The second-order valence-electron chi connectivity index (χ2n) is 14.5. The van der Waals surface area contributed by atoms with E-state index < -0.39 is 24.2 Å². The van der Waals surface area contributed by atoms with Gasteiger partial charge in [-0.1, -0.05) is 73.4 Å². The van der Waals surface area contributed by atoms with Crippen molar-refractivity contribution in [1.82, 2.24) is 25.3 Å². The van der Waals surface area contributed by atoms with E-state index in [-0.39, 0.29) is 60.5 Å². The van der Waals surface area contributed by atoms with E-state index in [2.05, 4.69) is 24.5 Å². The first-order valence-corrected chi connectivity index (χ1v) is 18.8. The Kier molecular flexibility index (Phi) is 21.0. The molecule has 1 fully saturated rings. The number of nitrogen functional groups attached to an aromatic ring is 1. The van der Waals surface area contributed by atoms with Crippen molar-refractivity contribution in [3.05, 3.63) is 29.8 Å². The third-order valence-electron chi connectivity index (χ3n) is 9.87. The number of nitrogens with one attached hydrogen (secondary N) is 2. The molecule has 1 aromatic carbocycles. The monoisotopic (exact) mass is 719 g/mol. The molecule has 7 unspecified atom stereocenters. The number of hydrogen-bond donors (Lipinski definition) is 3. The predicted octanol–water partition coefficient (Wildman–Crippen LogP) is 3.97. The van der Waals surface area contributed by atoms with Crippen LogP contribution in [0.2, 0.25) is 0 Å². The molecule has 1 aliphatic heterocycles. The molecule has 0 bridgehead atoms. The molecular formula is C39H70N6O6. The highest BCUT2D eigenvalue weighted by Gasteiger charge is 2.42. The number of rotatable bonds is 19. The fourth-order valence-corrected chi connectivity index (χ4v) is 7.03. The number of anilines is 1. The van der Waals surface area contributed by atoms with Crippen LogP contribution in [0.4, 0.5) is 5.69 Å². The first-order valence-electron chi connectivity index (χ1n) is 18.8. The Morgan fingerprint density at radius 3 is 2.06 bits per heavy atom. The molecule has 12 nitrogen and oxygen atoms in total. The fraction of sp³-hybridized carbons (Fsp3) is 0.744. The minimum atomic E-state index is -0.571. The first-order chi connectivity index (χ1) is 24.1. The van der Waals surface area contributed by atoms with E-state index in [9.17, 15) is 19.2 Å². The maximum Gasteiger partial charge on any atom is 0.242 e. The van der Waals surface area contributed by atoms with Gasteiger partial charge in [0.25, 0.3) is 0 Å². The van der Waals surface area contributed by atoms with Gasteiger partial charge in [0.15, 0.2) is 0 Å². The Morgan fingerprint density at radius 2 is 1.55 bits per heavy atom. The van der Waals surface area contributed by atoms with Gasteiger partial charge in [-0.15, -0.1) is 0 Å². The molecular weight excluding hydrogens is 648 g/mol. The second kappa shape index (κ2) is 23.4. The maximum absolute atomic E-state index is 13.9. The Morgan fingerprint density at radius 1 is 0.941 bits per heavy atom. The van der Waals surface area contributed by atoms with Crippen LogP contribution in [0, 0.1) is 17.8 Å². The fourth-order valence-electron chi connectivity index (χ4n) is 7.03. The summed E-state index contributed by atoms with van der Waals surface area (Å²) in [6.45, 7) is 15.0. The van der Waals surface area contributed by atoms with Gasteiger partial charge in [0.1, 0.15) is 0 Å². The lowest BCUT2D eigenvalue weighted by atomic mass is 9.90. The van der Waals surface area contributed by atoms with Crippen LogP contribution in [-0.4, -0.2) is 124 Å². The highest BCUT2D eigenvalue weighted by molar-refractivity contribution is 5.87. The average Bonchev–Trinajstić information content (AvgIpc) is 3.57. The van der Waals surface area contributed by atoms with E-state index in [1.165, 1.54) is 6.42 Å². The minimum Gasteiger partial charge on any atom is -0.399 e. The van der Waals surface area contributed by atoms with Gasteiger partial charge in [0, 0.05) is 40.0 Å². The topological polar surface area (TPSA) is 147 Å². The zero-order valence-corrected chi connectivity index (χ0v) is 33.7. The number of ether oxygens (including phenoxy) is 2.